The van der Waals surface area contributed by atoms with Gasteiger partial charge >= 0.3 is 0 Å². The number of amides is 1. The predicted molar refractivity (Wildman–Crippen MR) is 82.4 cm³/mol. The molecule has 4 N–H and O–H groups in total. The van der Waals surface area contributed by atoms with Crippen LogP contribution in [-0.2, 0) is 4.79 Å². The van der Waals surface area contributed by atoms with Crippen molar-refractivity contribution in [2.45, 2.75) is 37.6 Å². The summed E-state index contributed by atoms with van der Waals surface area (Å²) in [6.07, 6.45) is 4.43. The Kier molecular flexibility index (Phi) is 6.17. The third-order valence-electron chi connectivity index (χ3n) is 4.29. The first-order valence-corrected chi connectivity index (χ1v) is 7.66. The highest BCUT2D eigenvalue weighted by molar-refractivity contribution is 5.83. The molecular weight excluding hydrogens is 266 g/mol. The summed E-state index contributed by atoms with van der Waals surface area (Å²) in [5, 5.41) is 9.60. The molecule has 1 aliphatic heterocycles. The van der Waals surface area contributed by atoms with E-state index in [2.05, 4.69) is 10.3 Å². The largest absolute Gasteiger partial charge is 0.395 e. The quantitative estimate of drug-likeness (QED) is 0.429. The summed E-state index contributed by atoms with van der Waals surface area (Å²) >= 11 is 0. The van der Waals surface area contributed by atoms with Gasteiger partial charge in [0.25, 0.3) is 0 Å². The Labute approximate surface area is 126 Å². The van der Waals surface area contributed by atoms with Crippen molar-refractivity contribution in [1.82, 2.24) is 10.3 Å². The molecule has 116 valence electrons. The zero-order valence-corrected chi connectivity index (χ0v) is 12.4. The third-order valence-corrected chi connectivity index (χ3v) is 4.29. The number of hydrogen-bond acceptors (Lipinski definition) is 4. The molecule has 5 heteroatoms. The molecular formula is C16H25N3O2. The van der Waals surface area contributed by atoms with Crippen LogP contribution in [0.3, 0.4) is 0 Å². The molecule has 1 aromatic carbocycles. The van der Waals surface area contributed by atoms with Gasteiger partial charge in [-0.05, 0) is 24.9 Å². The minimum Gasteiger partial charge on any atom is -0.395 e. The van der Waals surface area contributed by atoms with Crippen LogP contribution >= 0.6 is 0 Å². The second kappa shape index (κ2) is 8.12. The summed E-state index contributed by atoms with van der Waals surface area (Å²) in [6.45, 7) is 1.66. The monoisotopic (exact) mass is 291 g/mol. The first-order valence-electron chi connectivity index (χ1n) is 7.66. The molecule has 1 amide bonds. The molecule has 1 saturated heterocycles. The molecule has 2 rings (SSSR count). The standard InChI is InChI=1S/C16H25N3O2/c17-18-16(21)15(13-7-3-1-4-8-13)11-19-10-6-2-5-9-14(19)12-20/h1,3-4,7-8,14-15,20H,2,5-6,9-12,17H2,(H,18,21). The van der Waals surface area contributed by atoms with Gasteiger partial charge in [0.1, 0.15) is 0 Å². The van der Waals surface area contributed by atoms with E-state index in [1.165, 1.54) is 6.42 Å². The number of aliphatic hydroxyl groups excluding tert-OH is 1. The van der Waals surface area contributed by atoms with E-state index < -0.39 is 0 Å². The summed E-state index contributed by atoms with van der Waals surface area (Å²) < 4.78 is 0. The number of nitrogens with one attached hydrogen (secondary N) is 1. The maximum atomic E-state index is 12.1. The van der Waals surface area contributed by atoms with Crippen molar-refractivity contribution in [2.75, 3.05) is 19.7 Å². The van der Waals surface area contributed by atoms with E-state index in [0.717, 1.165) is 31.4 Å². The van der Waals surface area contributed by atoms with Gasteiger partial charge in [0.15, 0.2) is 0 Å². The van der Waals surface area contributed by atoms with Gasteiger partial charge in [0.05, 0.1) is 12.5 Å². The van der Waals surface area contributed by atoms with Crippen LogP contribution < -0.4 is 11.3 Å². The Morgan fingerprint density at radius 3 is 2.76 bits per heavy atom. The van der Waals surface area contributed by atoms with E-state index >= 15 is 0 Å². The lowest BCUT2D eigenvalue weighted by molar-refractivity contribution is -0.123. The molecule has 2 unspecified atom stereocenters. The molecule has 0 saturated carbocycles. The number of carbonyl (C=O) groups excluding carboxylic acids is 1. The van der Waals surface area contributed by atoms with Crippen molar-refractivity contribution in [3.63, 3.8) is 0 Å². The van der Waals surface area contributed by atoms with Gasteiger partial charge in [-0.3, -0.25) is 15.1 Å². The molecule has 1 heterocycles. The van der Waals surface area contributed by atoms with Crippen LogP contribution in [-0.4, -0.2) is 41.7 Å². The molecule has 2 atom stereocenters. The number of nitrogens with two attached hydrogens (primary N) is 1. The van der Waals surface area contributed by atoms with Crippen molar-refractivity contribution in [2.24, 2.45) is 5.84 Å². The molecule has 0 spiro atoms. The van der Waals surface area contributed by atoms with Crippen molar-refractivity contribution in [1.29, 1.82) is 0 Å². The molecule has 0 aromatic heterocycles. The molecule has 21 heavy (non-hydrogen) atoms. The highest BCUT2D eigenvalue weighted by Gasteiger charge is 2.27. The fourth-order valence-corrected chi connectivity index (χ4v) is 3.04. The Hall–Kier alpha value is -1.43. The van der Waals surface area contributed by atoms with E-state index in [9.17, 15) is 9.90 Å². The van der Waals surface area contributed by atoms with Gasteiger partial charge in [-0.15, -0.1) is 0 Å². The number of aliphatic hydroxyl groups is 1. The second-order valence-electron chi connectivity index (χ2n) is 5.65. The Bertz CT molecular complexity index is 438. The number of benzene rings is 1. The molecule has 0 bridgehead atoms. The average molecular weight is 291 g/mol. The van der Waals surface area contributed by atoms with Gasteiger partial charge in [-0.25, -0.2) is 5.84 Å². The highest BCUT2D eigenvalue weighted by Crippen LogP contribution is 2.22. The number of hydrazine groups is 1. The Morgan fingerprint density at radius 1 is 1.33 bits per heavy atom. The smallest absolute Gasteiger partial charge is 0.242 e. The topological polar surface area (TPSA) is 78.6 Å². The van der Waals surface area contributed by atoms with E-state index in [0.29, 0.717) is 6.54 Å². The normalized spacial score (nSPS) is 21.5. The van der Waals surface area contributed by atoms with Crippen LogP contribution in [0.15, 0.2) is 30.3 Å². The van der Waals surface area contributed by atoms with Crippen molar-refractivity contribution < 1.29 is 9.90 Å². The fourth-order valence-electron chi connectivity index (χ4n) is 3.04. The number of nitrogens with zero attached hydrogens (tertiary/aromatic N) is 1. The van der Waals surface area contributed by atoms with Crippen LogP contribution in [0.1, 0.15) is 37.2 Å². The molecule has 1 aliphatic rings. The van der Waals surface area contributed by atoms with Gasteiger partial charge in [-0.2, -0.15) is 0 Å². The number of hydrogen-bond donors (Lipinski definition) is 3. The first kappa shape index (κ1) is 15.9. The van der Waals surface area contributed by atoms with Crippen LogP contribution in [0.4, 0.5) is 0 Å². The van der Waals surface area contributed by atoms with Crippen molar-refractivity contribution in [3.05, 3.63) is 35.9 Å². The third kappa shape index (κ3) is 4.27. The van der Waals surface area contributed by atoms with Crippen LogP contribution in [0.5, 0.6) is 0 Å². The van der Waals surface area contributed by atoms with E-state index in [1.54, 1.807) is 0 Å². The van der Waals surface area contributed by atoms with Gasteiger partial charge in [-0.1, -0.05) is 43.2 Å². The van der Waals surface area contributed by atoms with Crippen LogP contribution in [0, 0.1) is 0 Å². The minimum absolute atomic E-state index is 0.143. The maximum Gasteiger partial charge on any atom is 0.242 e. The lowest BCUT2D eigenvalue weighted by atomic mass is 9.97. The lowest BCUT2D eigenvalue weighted by Gasteiger charge is -2.31. The molecule has 1 fully saturated rings. The summed E-state index contributed by atoms with van der Waals surface area (Å²) in [7, 11) is 0. The summed E-state index contributed by atoms with van der Waals surface area (Å²) in [5.41, 5.74) is 3.23. The van der Waals surface area contributed by atoms with Gasteiger partial charge in [0, 0.05) is 12.6 Å². The number of carbonyl (C=O) groups is 1. The van der Waals surface area contributed by atoms with Gasteiger partial charge in [0.2, 0.25) is 5.91 Å². The predicted octanol–water partition coefficient (Wildman–Crippen LogP) is 0.997. The van der Waals surface area contributed by atoms with Crippen molar-refractivity contribution >= 4 is 5.91 Å². The highest BCUT2D eigenvalue weighted by atomic mass is 16.3. The van der Waals surface area contributed by atoms with Crippen LogP contribution in [0.2, 0.25) is 0 Å². The summed E-state index contributed by atoms with van der Waals surface area (Å²) in [4.78, 5) is 14.4. The molecule has 0 radical (unpaired) electrons. The zero-order chi connectivity index (χ0) is 15.1. The Balaban J connectivity index is 2.15. The van der Waals surface area contributed by atoms with E-state index in [1.807, 2.05) is 30.3 Å². The van der Waals surface area contributed by atoms with E-state index in [-0.39, 0.29) is 24.5 Å². The Morgan fingerprint density at radius 2 is 2.10 bits per heavy atom. The minimum atomic E-state index is -0.302. The maximum absolute atomic E-state index is 12.1. The van der Waals surface area contributed by atoms with Crippen molar-refractivity contribution in [3.8, 4) is 0 Å². The number of rotatable bonds is 5. The lowest BCUT2D eigenvalue weighted by Crippen LogP contribution is -2.45. The summed E-state index contributed by atoms with van der Waals surface area (Å²) in [5.74, 6) is 4.86. The summed E-state index contributed by atoms with van der Waals surface area (Å²) in [6, 6.07) is 9.83. The van der Waals surface area contributed by atoms with E-state index in [4.69, 9.17) is 5.84 Å². The fraction of sp³-hybridized carbons (Fsp3) is 0.562. The SMILES string of the molecule is NNC(=O)C(CN1CCCCCC1CO)c1ccccc1. The molecule has 0 aliphatic carbocycles. The van der Waals surface area contributed by atoms with Gasteiger partial charge < -0.3 is 5.11 Å². The number of likely N-dealkylation sites (tertiary alicyclic amines) is 1. The molecule has 5 nitrogen and oxygen atoms in total. The zero-order valence-electron chi connectivity index (χ0n) is 12.4. The first-order chi connectivity index (χ1) is 10.3. The second-order valence-corrected chi connectivity index (χ2v) is 5.65. The van der Waals surface area contributed by atoms with Crippen LogP contribution in [0.25, 0.3) is 0 Å². The molecule has 1 aromatic rings. The average Bonchev–Trinajstić information content (AvgIpc) is 2.77.